The number of carbonyl (C=O) groups is 2. The van der Waals surface area contributed by atoms with Gasteiger partial charge in [0.25, 0.3) is 5.91 Å². The third-order valence-corrected chi connectivity index (χ3v) is 6.12. The van der Waals surface area contributed by atoms with Crippen molar-refractivity contribution in [1.82, 2.24) is 20.0 Å². The van der Waals surface area contributed by atoms with E-state index in [0.717, 1.165) is 24.0 Å². The molecule has 2 amide bonds. The lowest BCUT2D eigenvalue weighted by Gasteiger charge is -2.49. The van der Waals surface area contributed by atoms with Gasteiger partial charge in [0.15, 0.2) is 0 Å². The number of aromatic nitrogens is 2. The highest BCUT2D eigenvalue weighted by Crippen LogP contribution is 2.40. The number of rotatable bonds is 2. The van der Waals surface area contributed by atoms with Crippen LogP contribution in [0.5, 0.6) is 0 Å². The van der Waals surface area contributed by atoms with E-state index in [4.69, 9.17) is 0 Å². The number of hydrogen-bond donors (Lipinski definition) is 2. The molecule has 0 radical (unpaired) electrons. The molecule has 0 saturated carbocycles. The molecule has 3 heterocycles. The van der Waals surface area contributed by atoms with Gasteiger partial charge in [0.05, 0.1) is 12.3 Å². The van der Waals surface area contributed by atoms with Crippen molar-refractivity contribution < 1.29 is 14.7 Å². The van der Waals surface area contributed by atoms with E-state index < -0.39 is 6.10 Å². The predicted molar refractivity (Wildman–Crippen MR) is 104 cm³/mol. The number of nitrogens with zero attached hydrogens (tertiary/aromatic N) is 3. The molecule has 2 aromatic rings. The molecule has 28 heavy (non-hydrogen) atoms. The average Bonchev–Trinajstić information content (AvgIpc) is 3.22. The lowest BCUT2D eigenvalue weighted by atomic mass is 9.71. The van der Waals surface area contributed by atoms with Crippen molar-refractivity contribution in [2.24, 2.45) is 5.41 Å². The van der Waals surface area contributed by atoms with Crippen molar-refractivity contribution in [2.75, 3.05) is 26.2 Å². The maximum atomic E-state index is 13.0. The molecular weight excluding hydrogens is 356 g/mol. The Balaban J connectivity index is 1.44. The molecule has 148 valence electrons. The Bertz CT molecular complexity index is 856. The summed E-state index contributed by atoms with van der Waals surface area (Å²) in [5.74, 6) is 0.0349. The van der Waals surface area contributed by atoms with Gasteiger partial charge in [-0.1, -0.05) is 12.1 Å². The van der Waals surface area contributed by atoms with Gasteiger partial charge in [-0.25, -0.2) is 0 Å². The van der Waals surface area contributed by atoms with Gasteiger partial charge in [-0.05, 0) is 42.4 Å². The van der Waals surface area contributed by atoms with E-state index in [1.54, 1.807) is 18.0 Å². The highest BCUT2D eigenvalue weighted by atomic mass is 16.3. The van der Waals surface area contributed by atoms with Crippen LogP contribution in [0, 0.1) is 5.41 Å². The van der Waals surface area contributed by atoms with E-state index in [0.29, 0.717) is 38.2 Å². The van der Waals surface area contributed by atoms with Gasteiger partial charge in [0.2, 0.25) is 5.91 Å². The van der Waals surface area contributed by atoms with Crippen LogP contribution in [0.4, 0.5) is 0 Å². The quantitative estimate of drug-likeness (QED) is 0.830. The third-order valence-electron chi connectivity index (χ3n) is 6.12. The van der Waals surface area contributed by atoms with Gasteiger partial charge >= 0.3 is 0 Å². The molecule has 1 aromatic carbocycles. The van der Waals surface area contributed by atoms with E-state index in [1.807, 2.05) is 35.4 Å². The molecule has 2 saturated heterocycles. The molecule has 4 rings (SSSR count). The Kier molecular flexibility index (Phi) is 4.93. The molecule has 1 spiro atoms. The van der Waals surface area contributed by atoms with Crippen LogP contribution in [0.2, 0.25) is 0 Å². The fourth-order valence-electron chi connectivity index (χ4n) is 4.56. The minimum absolute atomic E-state index is 0.00712. The maximum Gasteiger partial charge on any atom is 0.253 e. The lowest BCUT2D eigenvalue weighted by molar-refractivity contribution is -0.137. The van der Waals surface area contributed by atoms with Crippen LogP contribution in [-0.2, 0) is 4.79 Å². The number of carbonyl (C=O) groups excluding carboxylic acids is 2. The second-order valence-electron chi connectivity index (χ2n) is 8.12. The molecule has 2 aliphatic heterocycles. The largest absolute Gasteiger partial charge is 0.391 e. The summed E-state index contributed by atoms with van der Waals surface area (Å²) in [6, 6.07) is 7.60. The Labute approximate surface area is 164 Å². The van der Waals surface area contributed by atoms with Crippen LogP contribution < -0.4 is 0 Å². The third kappa shape index (κ3) is 3.67. The molecule has 1 atom stereocenters. The number of H-pyrrole nitrogens is 1. The first-order chi connectivity index (χ1) is 13.5. The predicted octanol–water partition coefficient (Wildman–Crippen LogP) is 1.91. The van der Waals surface area contributed by atoms with Gasteiger partial charge in [-0.2, -0.15) is 5.10 Å². The van der Waals surface area contributed by atoms with Gasteiger partial charge in [0.1, 0.15) is 0 Å². The summed E-state index contributed by atoms with van der Waals surface area (Å²) in [7, 11) is 0. The van der Waals surface area contributed by atoms with E-state index in [2.05, 4.69) is 10.2 Å². The summed E-state index contributed by atoms with van der Waals surface area (Å²) < 4.78 is 0. The normalized spacial score (nSPS) is 21.7. The number of amides is 2. The maximum absolute atomic E-state index is 13.0. The first-order valence-corrected chi connectivity index (χ1v) is 9.78. The zero-order valence-electron chi connectivity index (χ0n) is 16.1. The second kappa shape index (κ2) is 7.39. The SMILES string of the molecule is CC(=O)N1CC(O)CC2(CCN(C(=O)c3cccc(-c4cn[nH]c4)c3)CC2)C1. The standard InChI is InChI=1S/C21H26N4O3/c1-15(26)25-13-19(27)10-21(14-25)5-7-24(8-6-21)20(28)17-4-2-3-16(9-17)18-11-22-23-12-18/h2-4,9,11-12,19,27H,5-8,10,13-14H2,1H3,(H,22,23). The number of aromatic amines is 1. The number of hydrogen-bond acceptors (Lipinski definition) is 4. The van der Waals surface area contributed by atoms with Crippen LogP contribution in [0.1, 0.15) is 36.5 Å². The number of piperidine rings is 2. The van der Waals surface area contributed by atoms with E-state index in [-0.39, 0.29) is 17.2 Å². The summed E-state index contributed by atoms with van der Waals surface area (Å²) in [5.41, 5.74) is 2.50. The fourth-order valence-corrected chi connectivity index (χ4v) is 4.56. The van der Waals surface area contributed by atoms with E-state index in [9.17, 15) is 14.7 Å². The van der Waals surface area contributed by atoms with E-state index in [1.165, 1.54) is 0 Å². The molecule has 7 nitrogen and oxygen atoms in total. The number of likely N-dealkylation sites (tertiary alicyclic amines) is 2. The Morgan fingerprint density at radius 2 is 2.00 bits per heavy atom. The minimum atomic E-state index is -0.480. The fraction of sp³-hybridized carbons (Fsp3) is 0.476. The molecule has 7 heteroatoms. The molecule has 1 aromatic heterocycles. The van der Waals surface area contributed by atoms with E-state index >= 15 is 0 Å². The molecule has 0 aliphatic carbocycles. The molecule has 0 bridgehead atoms. The number of benzene rings is 1. The smallest absolute Gasteiger partial charge is 0.253 e. The summed E-state index contributed by atoms with van der Waals surface area (Å²) in [4.78, 5) is 28.5. The van der Waals surface area contributed by atoms with Crippen LogP contribution in [-0.4, -0.2) is 69.2 Å². The van der Waals surface area contributed by atoms with Crippen molar-refractivity contribution >= 4 is 11.8 Å². The zero-order valence-corrected chi connectivity index (χ0v) is 16.1. The van der Waals surface area contributed by atoms with Crippen LogP contribution in [0.15, 0.2) is 36.7 Å². The Morgan fingerprint density at radius 3 is 2.68 bits per heavy atom. The number of β-amino-alcohol motifs (C(OH)–C–C–N with tert-alkyl or cyclic N) is 1. The Hall–Kier alpha value is -2.67. The number of nitrogens with one attached hydrogen (secondary N) is 1. The Morgan fingerprint density at radius 1 is 1.21 bits per heavy atom. The monoisotopic (exact) mass is 382 g/mol. The van der Waals surface area contributed by atoms with Crippen LogP contribution >= 0.6 is 0 Å². The minimum Gasteiger partial charge on any atom is -0.391 e. The first kappa shape index (κ1) is 18.7. The van der Waals surface area contributed by atoms with Crippen molar-refractivity contribution in [1.29, 1.82) is 0 Å². The molecule has 2 fully saturated rings. The molecule has 2 aliphatic rings. The topological polar surface area (TPSA) is 89.5 Å². The average molecular weight is 382 g/mol. The molecular formula is C21H26N4O3. The van der Waals surface area contributed by atoms with Gasteiger partial charge in [-0.3, -0.25) is 14.7 Å². The lowest BCUT2D eigenvalue weighted by Crippen LogP contribution is -2.55. The first-order valence-electron chi connectivity index (χ1n) is 9.78. The van der Waals surface area contributed by atoms with Gasteiger partial charge < -0.3 is 14.9 Å². The van der Waals surface area contributed by atoms with Crippen molar-refractivity contribution in [3.8, 4) is 11.1 Å². The molecule has 2 N–H and O–H groups in total. The highest BCUT2D eigenvalue weighted by molar-refractivity contribution is 5.95. The summed E-state index contributed by atoms with van der Waals surface area (Å²) in [6.07, 6.45) is 5.38. The number of aliphatic hydroxyl groups is 1. The van der Waals surface area contributed by atoms with Crippen molar-refractivity contribution in [3.63, 3.8) is 0 Å². The summed E-state index contributed by atoms with van der Waals surface area (Å²) >= 11 is 0. The van der Waals surface area contributed by atoms with Gasteiger partial charge in [0, 0.05) is 50.4 Å². The van der Waals surface area contributed by atoms with Crippen LogP contribution in [0.3, 0.4) is 0 Å². The van der Waals surface area contributed by atoms with Crippen molar-refractivity contribution in [2.45, 2.75) is 32.3 Å². The second-order valence-corrected chi connectivity index (χ2v) is 8.12. The van der Waals surface area contributed by atoms with Crippen molar-refractivity contribution in [3.05, 3.63) is 42.2 Å². The molecule has 1 unspecified atom stereocenters. The highest BCUT2D eigenvalue weighted by Gasteiger charge is 2.43. The summed E-state index contributed by atoms with van der Waals surface area (Å²) in [6.45, 7) is 3.94. The van der Waals surface area contributed by atoms with Gasteiger partial charge in [-0.15, -0.1) is 0 Å². The number of aliphatic hydroxyl groups excluding tert-OH is 1. The zero-order chi connectivity index (χ0) is 19.7. The summed E-state index contributed by atoms with van der Waals surface area (Å²) in [5, 5.41) is 17.0. The van der Waals surface area contributed by atoms with Crippen LogP contribution in [0.25, 0.3) is 11.1 Å².